The molecular formula is C14H14N4OS. The molecule has 0 aliphatic heterocycles. The Balaban J connectivity index is 2.01. The van der Waals surface area contributed by atoms with Gasteiger partial charge in [-0.25, -0.2) is 4.98 Å². The Labute approximate surface area is 119 Å². The molecule has 0 aliphatic rings. The highest BCUT2D eigenvalue weighted by Gasteiger charge is 2.08. The number of H-pyrrole nitrogens is 2. The van der Waals surface area contributed by atoms with Gasteiger partial charge in [0.15, 0.2) is 10.6 Å². The SMILES string of the molecule is Cc1ccc(C)c2c(=O)cc(CSc3ncn[nH]3)[nH]c12. The Morgan fingerprint density at radius 2 is 2.05 bits per heavy atom. The van der Waals surface area contributed by atoms with E-state index in [9.17, 15) is 4.79 Å². The van der Waals surface area contributed by atoms with Gasteiger partial charge in [0.05, 0.1) is 5.52 Å². The van der Waals surface area contributed by atoms with E-state index in [1.807, 2.05) is 26.0 Å². The maximum absolute atomic E-state index is 12.3. The van der Waals surface area contributed by atoms with Crippen LogP contribution in [-0.4, -0.2) is 20.2 Å². The molecule has 0 bridgehead atoms. The minimum Gasteiger partial charge on any atom is -0.357 e. The maximum Gasteiger partial charge on any atom is 0.189 e. The molecule has 1 aromatic carbocycles. The van der Waals surface area contributed by atoms with Gasteiger partial charge in [-0.3, -0.25) is 9.89 Å². The normalized spacial score (nSPS) is 11.1. The van der Waals surface area contributed by atoms with Crippen LogP contribution in [0.1, 0.15) is 16.8 Å². The number of benzene rings is 1. The molecule has 2 N–H and O–H groups in total. The van der Waals surface area contributed by atoms with Gasteiger partial charge < -0.3 is 4.98 Å². The number of nitrogens with one attached hydrogen (secondary N) is 2. The van der Waals surface area contributed by atoms with Crippen molar-refractivity contribution in [1.82, 2.24) is 20.2 Å². The van der Waals surface area contributed by atoms with Crippen molar-refractivity contribution in [3.05, 3.63) is 51.6 Å². The van der Waals surface area contributed by atoms with Crippen LogP contribution in [0.15, 0.2) is 34.5 Å². The Kier molecular flexibility index (Phi) is 3.31. The van der Waals surface area contributed by atoms with Gasteiger partial charge in [0.25, 0.3) is 0 Å². The predicted octanol–water partition coefficient (Wildman–Crippen LogP) is 2.56. The minimum atomic E-state index is 0.0631. The predicted molar refractivity (Wildman–Crippen MR) is 80.0 cm³/mol. The van der Waals surface area contributed by atoms with Crippen LogP contribution in [0.4, 0.5) is 0 Å². The topological polar surface area (TPSA) is 74.4 Å². The number of thioether (sulfide) groups is 1. The van der Waals surface area contributed by atoms with Crippen LogP contribution >= 0.6 is 11.8 Å². The molecule has 0 unspecified atom stereocenters. The molecule has 0 spiro atoms. The summed E-state index contributed by atoms with van der Waals surface area (Å²) < 4.78 is 0. The zero-order chi connectivity index (χ0) is 14.1. The van der Waals surface area contributed by atoms with E-state index in [2.05, 4.69) is 20.2 Å². The van der Waals surface area contributed by atoms with Gasteiger partial charge in [0, 0.05) is 22.9 Å². The molecule has 3 aromatic rings. The molecule has 2 aromatic heterocycles. The third-order valence-corrected chi connectivity index (χ3v) is 4.14. The first-order valence-corrected chi connectivity index (χ1v) is 7.24. The summed E-state index contributed by atoms with van der Waals surface area (Å²) in [6, 6.07) is 5.68. The monoisotopic (exact) mass is 286 g/mol. The van der Waals surface area contributed by atoms with E-state index in [-0.39, 0.29) is 5.43 Å². The summed E-state index contributed by atoms with van der Waals surface area (Å²) >= 11 is 1.51. The summed E-state index contributed by atoms with van der Waals surface area (Å²) in [6.07, 6.45) is 1.47. The van der Waals surface area contributed by atoms with Crippen molar-refractivity contribution >= 4 is 22.7 Å². The summed E-state index contributed by atoms with van der Waals surface area (Å²) in [6.45, 7) is 3.96. The number of pyridine rings is 1. The Morgan fingerprint density at radius 3 is 2.80 bits per heavy atom. The largest absolute Gasteiger partial charge is 0.357 e. The summed E-state index contributed by atoms with van der Waals surface area (Å²) in [7, 11) is 0. The summed E-state index contributed by atoms with van der Waals surface area (Å²) in [5.41, 5.74) is 3.95. The highest BCUT2D eigenvalue weighted by atomic mass is 32.2. The molecule has 6 heteroatoms. The van der Waals surface area contributed by atoms with Gasteiger partial charge in [0.1, 0.15) is 6.33 Å². The van der Waals surface area contributed by atoms with Gasteiger partial charge >= 0.3 is 0 Å². The number of hydrogen-bond acceptors (Lipinski definition) is 4. The fraction of sp³-hybridized carbons (Fsp3) is 0.214. The van der Waals surface area contributed by atoms with Gasteiger partial charge in [-0.05, 0) is 25.0 Å². The van der Waals surface area contributed by atoms with Crippen LogP contribution in [0, 0.1) is 13.8 Å². The zero-order valence-corrected chi connectivity index (χ0v) is 12.0. The summed E-state index contributed by atoms with van der Waals surface area (Å²) in [5, 5.41) is 8.11. The van der Waals surface area contributed by atoms with Crippen molar-refractivity contribution < 1.29 is 0 Å². The van der Waals surface area contributed by atoms with E-state index in [4.69, 9.17) is 0 Å². The molecule has 20 heavy (non-hydrogen) atoms. The van der Waals surface area contributed by atoms with Crippen LogP contribution in [0.5, 0.6) is 0 Å². The lowest BCUT2D eigenvalue weighted by atomic mass is 10.0. The first kappa shape index (κ1) is 12.9. The zero-order valence-electron chi connectivity index (χ0n) is 11.2. The van der Waals surface area contributed by atoms with Crippen LogP contribution in [-0.2, 0) is 5.75 Å². The third-order valence-electron chi connectivity index (χ3n) is 3.22. The number of rotatable bonds is 3. The van der Waals surface area contributed by atoms with Crippen molar-refractivity contribution in [1.29, 1.82) is 0 Å². The molecule has 0 radical (unpaired) electrons. The highest BCUT2D eigenvalue weighted by Crippen LogP contribution is 2.21. The maximum atomic E-state index is 12.3. The summed E-state index contributed by atoms with van der Waals surface area (Å²) in [5.74, 6) is 0.647. The van der Waals surface area contributed by atoms with Crippen LogP contribution in [0.3, 0.4) is 0 Å². The van der Waals surface area contributed by atoms with E-state index in [1.165, 1.54) is 18.1 Å². The Morgan fingerprint density at radius 1 is 1.25 bits per heavy atom. The molecule has 0 saturated carbocycles. The second-order valence-corrected chi connectivity index (χ2v) is 5.65. The fourth-order valence-electron chi connectivity index (χ4n) is 2.20. The number of fused-ring (bicyclic) bond motifs is 1. The number of nitrogens with zero attached hydrogens (tertiary/aromatic N) is 2. The van der Waals surface area contributed by atoms with E-state index in [0.717, 1.165) is 32.9 Å². The first-order chi connectivity index (χ1) is 9.65. The standard InChI is InChI=1S/C14H14N4OS/c1-8-3-4-9(2)13-12(8)11(19)5-10(17-13)6-20-14-15-7-16-18-14/h3-5,7H,6H2,1-2H3,(H,17,19)(H,15,16,18). The molecule has 5 nitrogen and oxygen atoms in total. The van der Waals surface area contributed by atoms with Gasteiger partial charge in [-0.15, -0.1) is 0 Å². The second kappa shape index (κ2) is 5.13. The fourth-order valence-corrected chi connectivity index (χ4v) is 2.89. The van der Waals surface area contributed by atoms with Crippen molar-refractivity contribution in [2.75, 3.05) is 0 Å². The van der Waals surface area contributed by atoms with E-state index < -0.39 is 0 Å². The molecule has 0 atom stereocenters. The highest BCUT2D eigenvalue weighted by molar-refractivity contribution is 7.98. The van der Waals surface area contributed by atoms with Crippen LogP contribution in [0.2, 0.25) is 0 Å². The number of aromatic nitrogens is 4. The molecule has 0 fully saturated rings. The lowest BCUT2D eigenvalue weighted by Crippen LogP contribution is -2.07. The molecule has 3 rings (SSSR count). The molecule has 2 heterocycles. The van der Waals surface area contributed by atoms with Crippen LogP contribution in [0.25, 0.3) is 10.9 Å². The molecule has 0 saturated heterocycles. The molecule has 0 aliphatic carbocycles. The number of aromatic amines is 2. The van der Waals surface area contributed by atoms with Gasteiger partial charge in [0.2, 0.25) is 0 Å². The molecule has 102 valence electrons. The van der Waals surface area contributed by atoms with Gasteiger partial charge in [-0.1, -0.05) is 23.9 Å². The smallest absolute Gasteiger partial charge is 0.189 e. The minimum absolute atomic E-state index is 0.0631. The molecule has 0 amide bonds. The van der Waals surface area contributed by atoms with Crippen molar-refractivity contribution in [3.63, 3.8) is 0 Å². The van der Waals surface area contributed by atoms with Crippen molar-refractivity contribution in [3.8, 4) is 0 Å². The lowest BCUT2D eigenvalue weighted by Gasteiger charge is -2.08. The molecular weight excluding hydrogens is 272 g/mol. The number of hydrogen-bond donors (Lipinski definition) is 2. The Bertz CT molecular complexity index is 808. The summed E-state index contributed by atoms with van der Waals surface area (Å²) in [4.78, 5) is 19.7. The first-order valence-electron chi connectivity index (χ1n) is 6.25. The number of aryl methyl sites for hydroxylation is 2. The van der Waals surface area contributed by atoms with E-state index in [0.29, 0.717) is 5.75 Å². The lowest BCUT2D eigenvalue weighted by molar-refractivity contribution is 0.971. The van der Waals surface area contributed by atoms with Crippen molar-refractivity contribution in [2.45, 2.75) is 24.8 Å². The van der Waals surface area contributed by atoms with E-state index in [1.54, 1.807) is 6.07 Å². The van der Waals surface area contributed by atoms with Crippen molar-refractivity contribution in [2.24, 2.45) is 0 Å². The quantitative estimate of drug-likeness (QED) is 0.726. The Hall–Kier alpha value is -2.08. The second-order valence-electron chi connectivity index (χ2n) is 4.69. The van der Waals surface area contributed by atoms with Gasteiger partial charge in [-0.2, -0.15) is 5.10 Å². The average Bonchev–Trinajstić information content (AvgIpc) is 2.93. The van der Waals surface area contributed by atoms with Crippen LogP contribution < -0.4 is 5.43 Å². The third kappa shape index (κ3) is 2.34. The van der Waals surface area contributed by atoms with E-state index >= 15 is 0 Å². The average molecular weight is 286 g/mol.